The molecule has 0 radical (unpaired) electrons. The molecule has 25 heavy (non-hydrogen) atoms. The Balaban J connectivity index is 2.43. The maximum atomic E-state index is 12.3. The molecule has 1 aromatic carbocycles. The second-order valence-corrected chi connectivity index (χ2v) is 6.55. The molecule has 1 heterocycles. The molecule has 8 nitrogen and oxygen atoms in total. The minimum atomic E-state index is -1.20. The minimum absolute atomic E-state index is 0.374. The fraction of sp³-hybridized carbons (Fsp3) is 0.250. The van der Waals surface area contributed by atoms with Crippen LogP contribution in [0.3, 0.4) is 0 Å². The molecule has 1 unspecified atom stereocenters. The molecule has 1 amide bonds. The Bertz CT molecular complexity index is 861. The Kier molecular flexibility index (Phi) is 5.58. The van der Waals surface area contributed by atoms with Crippen LogP contribution in [0.1, 0.15) is 24.3 Å². The summed E-state index contributed by atoms with van der Waals surface area (Å²) in [4.78, 5) is 35.6. The molecule has 0 saturated carbocycles. The van der Waals surface area contributed by atoms with Gasteiger partial charge in [-0.15, -0.1) is 0 Å². The van der Waals surface area contributed by atoms with E-state index in [2.05, 4.69) is 26.3 Å². The third kappa shape index (κ3) is 4.24. The number of hydrogen-bond donors (Lipinski definition) is 3. The smallest absolute Gasteiger partial charge is 0.326 e. The van der Waals surface area contributed by atoms with Crippen LogP contribution in [0.4, 0.5) is 0 Å². The molecule has 0 aliphatic heterocycles. The highest BCUT2D eigenvalue weighted by atomic mass is 79.9. The number of carbonyl (C=O) groups excluding carboxylic acids is 1. The van der Waals surface area contributed by atoms with Crippen molar-refractivity contribution < 1.29 is 19.8 Å². The number of hydrogen-bond acceptors (Lipinski definition) is 5. The van der Waals surface area contributed by atoms with Crippen LogP contribution in [-0.2, 0) is 4.79 Å². The van der Waals surface area contributed by atoms with Crippen LogP contribution >= 0.6 is 15.9 Å². The normalized spacial score (nSPS) is 12.0. The van der Waals surface area contributed by atoms with E-state index < -0.39 is 34.9 Å². The van der Waals surface area contributed by atoms with Gasteiger partial charge in [-0.3, -0.25) is 9.59 Å². The summed E-state index contributed by atoms with van der Waals surface area (Å²) < 4.78 is 1.74. The van der Waals surface area contributed by atoms with Crippen molar-refractivity contribution in [1.29, 1.82) is 0 Å². The zero-order chi connectivity index (χ0) is 18.7. The van der Waals surface area contributed by atoms with Gasteiger partial charge in [0.2, 0.25) is 0 Å². The van der Waals surface area contributed by atoms with Gasteiger partial charge in [0, 0.05) is 10.5 Å². The number of aromatic nitrogens is 2. The summed E-state index contributed by atoms with van der Waals surface area (Å²) in [5, 5.41) is 25.2. The van der Waals surface area contributed by atoms with Gasteiger partial charge < -0.3 is 15.5 Å². The predicted molar refractivity (Wildman–Crippen MR) is 92.9 cm³/mol. The average molecular weight is 410 g/mol. The largest absolute Gasteiger partial charge is 0.505 e. The highest BCUT2D eigenvalue weighted by molar-refractivity contribution is 9.10. The summed E-state index contributed by atoms with van der Waals surface area (Å²) in [6, 6.07) is 6.29. The lowest BCUT2D eigenvalue weighted by Gasteiger charge is -2.18. The molecule has 1 aromatic heterocycles. The molecule has 0 bridgehead atoms. The van der Waals surface area contributed by atoms with Gasteiger partial charge in [0.15, 0.2) is 11.4 Å². The minimum Gasteiger partial charge on any atom is -0.505 e. The number of nitrogens with zero attached hydrogens (tertiary/aromatic N) is 2. The molecule has 0 aliphatic carbocycles. The maximum Gasteiger partial charge on any atom is 0.326 e. The molecule has 2 rings (SSSR count). The highest BCUT2D eigenvalue weighted by Crippen LogP contribution is 2.16. The molecule has 0 fully saturated rings. The Labute approximate surface area is 151 Å². The SMILES string of the molecule is CC(C)C(NC(=O)c1nn(-c2ccc(Br)cc2)c(=O)cc1O)C(=O)O. The Morgan fingerprint density at radius 2 is 1.84 bits per heavy atom. The van der Waals surface area contributed by atoms with E-state index in [1.807, 2.05) is 0 Å². The summed E-state index contributed by atoms with van der Waals surface area (Å²) in [5.74, 6) is -3.08. The molecule has 0 spiro atoms. The monoisotopic (exact) mass is 409 g/mol. The Morgan fingerprint density at radius 1 is 1.24 bits per heavy atom. The second kappa shape index (κ2) is 7.47. The number of carboxylic acids is 1. The summed E-state index contributed by atoms with van der Waals surface area (Å²) in [6.45, 7) is 3.27. The number of halogens is 1. The van der Waals surface area contributed by atoms with Crippen LogP contribution < -0.4 is 10.9 Å². The number of carboxylic acid groups (broad SMARTS) is 1. The fourth-order valence-electron chi connectivity index (χ4n) is 2.10. The highest BCUT2D eigenvalue weighted by Gasteiger charge is 2.26. The summed E-state index contributed by atoms with van der Waals surface area (Å²) in [6.07, 6.45) is 0. The number of aliphatic carboxylic acids is 1. The quantitative estimate of drug-likeness (QED) is 0.688. The van der Waals surface area contributed by atoms with Crippen LogP contribution in [0.5, 0.6) is 5.75 Å². The molecule has 1 atom stereocenters. The molecule has 9 heteroatoms. The average Bonchev–Trinajstić information content (AvgIpc) is 2.53. The molecule has 132 valence electrons. The topological polar surface area (TPSA) is 122 Å². The van der Waals surface area contributed by atoms with Crippen LogP contribution in [0.15, 0.2) is 39.6 Å². The second-order valence-electron chi connectivity index (χ2n) is 5.64. The summed E-state index contributed by atoms with van der Waals surface area (Å²) in [5.41, 5.74) is -0.676. The van der Waals surface area contributed by atoms with Gasteiger partial charge >= 0.3 is 5.97 Å². The number of benzene rings is 1. The van der Waals surface area contributed by atoms with Gasteiger partial charge in [-0.05, 0) is 30.2 Å². The number of rotatable bonds is 5. The van der Waals surface area contributed by atoms with Gasteiger partial charge in [0.05, 0.1) is 5.69 Å². The standard InChI is InChI=1S/C16H16BrN3O5/c1-8(2)13(16(24)25)18-15(23)14-11(21)7-12(22)20(19-14)10-5-3-9(17)4-6-10/h3-8,13,21H,1-2H3,(H,18,23)(H,24,25). The Hall–Kier alpha value is -2.68. The molecular formula is C16H16BrN3O5. The van der Waals surface area contributed by atoms with E-state index in [1.54, 1.807) is 38.1 Å². The number of aromatic hydroxyl groups is 1. The van der Waals surface area contributed by atoms with Gasteiger partial charge in [-0.1, -0.05) is 29.8 Å². The van der Waals surface area contributed by atoms with Crippen LogP contribution in [0.2, 0.25) is 0 Å². The van der Waals surface area contributed by atoms with Crippen LogP contribution in [-0.4, -0.2) is 37.9 Å². The zero-order valence-corrected chi connectivity index (χ0v) is 15.0. The van der Waals surface area contributed by atoms with E-state index >= 15 is 0 Å². The first-order valence-corrected chi connectivity index (χ1v) is 8.13. The first kappa shape index (κ1) is 18.7. The van der Waals surface area contributed by atoms with Gasteiger partial charge in [-0.2, -0.15) is 9.78 Å². The predicted octanol–water partition coefficient (Wildman–Crippen LogP) is 1.54. The Morgan fingerprint density at radius 3 is 2.36 bits per heavy atom. The van der Waals surface area contributed by atoms with Crippen molar-refractivity contribution in [2.75, 3.05) is 0 Å². The van der Waals surface area contributed by atoms with E-state index in [4.69, 9.17) is 5.11 Å². The number of amides is 1. The molecular weight excluding hydrogens is 394 g/mol. The van der Waals surface area contributed by atoms with E-state index in [1.165, 1.54) is 0 Å². The molecule has 3 N–H and O–H groups in total. The van der Waals surface area contributed by atoms with Gasteiger partial charge in [0.1, 0.15) is 6.04 Å². The van der Waals surface area contributed by atoms with E-state index in [0.717, 1.165) is 15.2 Å². The van der Waals surface area contributed by atoms with Crippen molar-refractivity contribution in [1.82, 2.24) is 15.1 Å². The summed E-state index contributed by atoms with van der Waals surface area (Å²) in [7, 11) is 0. The third-order valence-corrected chi connectivity index (χ3v) is 3.95. The zero-order valence-electron chi connectivity index (χ0n) is 13.4. The van der Waals surface area contributed by atoms with Gasteiger partial charge in [-0.25, -0.2) is 4.79 Å². The van der Waals surface area contributed by atoms with Crippen molar-refractivity contribution >= 4 is 27.8 Å². The lowest BCUT2D eigenvalue weighted by molar-refractivity contribution is -0.140. The fourth-order valence-corrected chi connectivity index (χ4v) is 2.36. The van der Waals surface area contributed by atoms with Gasteiger partial charge in [0.25, 0.3) is 11.5 Å². The first-order valence-electron chi connectivity index (χ1n) is 7.33. The molecule has 0 aliphatic rings. The van der Waals surface area contributed by atoms with E-state index in [9.17, 15) is 19.5 Å². The van der Waals surface area contributed by atoms with Crippen molar-refractivity contribution in [3.8, 4) is 11.4 Å². The number of carbonyl (C=O) groups is 2. The van der Waals surface area contributed by atoms with Crippen molar-refractivity contribution in [3.05, 3.63) is 50.9 Å². The van der Waals surface area contributed by atoms with Crippen molar-refractivity contribution in [2.24, 2.45) is 5.92 Å². The maximum absolute atomic E-state index is 12.3. The third-order valence-electron chi connectivity index (χ3n) is 3.42. The molecule has 2 aromatic rings. The van der Waals surface area contributed by atoms with E-state index in [0.29, 0.717) is 5.69 Å². The lowest BCUT2D eigenvalue weighted by atomic mass is 10.0. The van der Waals surface area contributed by atoms with Crippen molar-refractivity contribution in [2.45, 2.75) is 19.9 Å². The van der Waals surface area contributed by atoms with Crippen LogP contribution in [0.25, 0.3) is 5.69 Å². The number of nitrogens with one attached hydrogen (secondary N) is 1. The first-order chi connectivity index (χ1) is 11.7. The van der Waals surface area contributed by atoms with Crippen molar-refractivity contribution in [3.63, 3.8) is 0 Å². The van der Waals surface area contributed by atoms with E-state index in [-0.39, 0.29) is 5.92 Å². The lowest BCUT2D eigenvalue weighted by Crippen LogP contribution is -2.45. The molecule has 0 saturated heterocycles. The summed E-state index contributed by atoms with van der Waals surface area (Å²) >= 11 is 3.27. The van der Waals surface area contributed by atoms with Crippen LogP contribution in [0, 0.1) is 5.92 Å².